The van der Waals surface area contributed by atoms with Gasteiger partial charge in [-0.25, -0.2) is 4.79 Å². The number of hydrogen-bond donors (Lipinski definition) is 1. The van der Waals surface area contributed by atoms with Crippen molar-refractivity contribution in [2.45, 2.75) is 37.7 Å². The van der Waals surface area contributed by atoms with Gasteiger partial charge in [-0.15, -0.1) is 0 Å². The molecule has 1 aliphatic rings. The highest BCUT2D eigenvalue weighted by Crippen LogP contribution is 2.35. The average Bonchev–Trinajstić information content (AvgIpc) is 3.43. The van der Waals surface area contributed by atoms with E-state index >= 15 is 0 Å². The molecule has 26 heavy (non-hydrogen) atoms. The Kier molecular flexibility index (Phi) is 4.46. The maximum atomic E-state index is 13.1. The summed E-state index contributed by atoms with van der Waals surface area (Å²) in [5.74, 6) is 0. The zero-order valence-corrected chi connectivity index (χ0v) is 13.4. The molecule has 1 fully saturated rings. The van der Waals surface area contributed by atoms with E-state index in [1.165, 1.54) is 16.7 Å². The fourth-order valence-electron chi connectivity index (χ4n) is 2.79. The summed E-state index contributed by atoms with van der Waals surface area (Å²) in [6.45, 7) is -0.674. The van der Waals surface area contributed by atoms with E-state index in [0.29, 0.717) is 17.4 Å². The van der Waals surface area contributed by atoms with Gasteiger partial charge in [0.05, 0.1) is 18.2 Å². The lowest BCUT2D eigenvalue weighted by Crippen LogP contribution is -2.42. The molecule has 1 N–H and O–H groups in total. The summed E-state index contributed by atoms with van der Waals surface area (Å²) in [5.41, 5.74) is -3.46. The van der Waals surface area contributed by atoms with Crippen LogP contribution in [0.5, 0.6) is 0 Å². The van der Waals surface area contributed by atoms with E-state index in [9.17, 15) is 27.9 Å². The van der Waals surface area contributed by atoms with Crippen molar-refractivity contribution in [3.05, 3.63) is 68.0 Å². The Morgan fingerprint density at radius 2 is 1.92 bits per heavy atom. The third-order valence-electron chi connectivity index (χ3n) is 4.24. The lowest BCUT2D eigenvalue weighted by atomic mass is 10.0. The number of hydrogen-bond acceptors (Lipinski definition) is 4. The van der Waals surface area contributed by atoms with Crippen LogP contribution >= 0.6 is 0 Å². The van der Waals surface area contributed by atoms with Gasteiger partial charge in [0.1, 0.15) is 11.6 Å². The van der Waals surface area contributed by atoms with Gasteiger partial charge < -0.3 is 5.11 Å². The van der Waals surface area contributed by atoms with Crippen LogP contribution in [0.4, 0.5) is 13.2 Å². The molecule has 6 nitrogen and oxygen atoms in total. The second-order valence-electron chi connectivity index (χ2n) is 6.09. The SMILES string of the molecule is N#Cc1cn(C2CC2)c(=O)n(C[C@@H](O)c2ccccc2C(F)(F)F)c1=O. The third kappa shape index (κ3) is 3.28. The van der Waals surface area contributed by atoms with Gasteiger partial charge in [0, 0.05) is 12.2 Å². The Morgan fingerprint density at radius 1 is 1.27 bits per heavy atom. The summed E-state index contributed by atoms with van der Waals surface area (Å²) >= 11 is 0. The van der Waals surface area contributed by atoms with Crippen LogP contribution in [0.2, 0.25) is 0 Å². The van der Waals surface area contributed by atoms with Crippen LogP contribution in [-0.2, 0) is 12.7 Å². The number of nitriles is 1. The average molecular weight is 365 g/mol. The molecule has 2 aromatic rings. The fourth-order valence-corrected chi connectivity index (χ4v) is 2.79. The first-order valence-corrected chi connectivity index (χ1v) is 7.84. The quantitative estimate of drug-likeness (QED) is 0.897. The number of aromatic nitrogens is 2. The zero-order valence-electron chi connectivity index (χ0n) is 13.4. The van der Waals surface area contributed by atoms with Gasteiger partial charge in [-0.2, -0.15) is 18.4 Å². The fraction of sp³-hybridized carbons (Fsp3) is 0.353. The second-order valence-corrected chi connectivity index (χ2v) is 6.09. The highest BCUT2D eigenvalue weighted by Gasteiger charge is 2.35. The van der Waals surface area contributed by atoms with Gasteiger partial charge in [0.25, 0.3) is 5.56 Å². The van der Waals surface area contributed by atoms with Crippen molar-refractivity contribution >= 4 is 0 Å². The van der Waals surface area contributed by atoms with Crippen molar-refractivity contribution in [1.82, 2.24) is 9.13 Å². The molecule has 1 saturated carbocycles. The van der Waals surface area contributed by atoms with Crippen LogP contribution < -0.4 is 11.2 Å². The maximum absolute atomic E-state index is 13.1. The molecule has 1 aromatic carbocycles. The largest absolute Gasteiger partial charge is 0.416 e. The van der Waals surface area contributed by atoms with E-state index in [2.05, 4.69) is 0 Å². The van der Waals surface area contributed by atoms with E-state index in [0.717, 1.165) is 18.3 Å². The first-order chi connectivity index (χ1) is 12.2. The van der Waals surface area contributed by atoms with Crippen molar-refractivity contribution in [3.63, 3.8) is 0 Å². The molecular weight excluding hydrogens is 351 g/mol. The normalized spacial score (nSPS) is 15.5. The lowest BCUT2D eigenvalue weighted by molar-refractivity contribution is -0.139. The summed E-state index contributed by atoms with van der Waals surface area (Å²) in [6, 6.07) is 5.95. The van der Waals surface area contributed by atoms with Gasteiger partial charge in [0.2, 0.25) is 0 Å². The van der Waals surface area contributed by atoms with Crippen LogP contribution in [0.25, 0.3) is 0 Å². The Bertz CT molecular complexity index is 997. The van der Waals surface area contributed by atoms with E-state index in [4.69, 9.17) is 5.26 Å². The molecule has 0 unspecified atom stereocenters. The van der Waals surface area contributed by atoms with E-state index in [1.807, 2.05) is 0 Å². The first-order valence-electron chi connectivity index (χ1n) is 7.84. The minimum absolute atomic E-state index is 0.138. The molecule has 136 valence electrons. The maximum Gasteiger partial charge on any atom is 0.416 e. The summed E-state index contributed by atoms with van der Waals surface area (Å²) in [6.07, 6.45) is -3.84. The van der Waals surface area contributed by atoms with Crippen molar-refractivity contribution in [1.29, 1.82) is 5.26 Å². The highest BCUT2D eigenvalue weighted by atomic mass is 19.4. The van der Waals surface area contributed by atoms with Gasteiger partial charge in [-0.1, -0.05) is 18.2 Å². The number of nitrogens with zero attached hydrogens (tertiary/aromatic N) is 3. The minimum atomic E-state index is -4.69. The molecule has 0 aliphatic heterocycles. The van der Waals surface area contributed by atoms with Crippen LogP contribution in [0.3, 0.4) is 0 Å². The number of halogens is 3. The smallest absolute Gasteiger partial charge is 0.387 e. The van der Waals surface area contributed by atoms with E-state index < -0.39 is 41.2 Å². The van der Waals surface area contributed by atoms with Crippen LogP contribution in [0, 0.1) is 11.3 Å². The molecular formula is C17H14F3N3O3. The van der Waals surface area contributed by atoms with Crippen LogP contribution in [0.1, 0.15) is 41.7 Å². The van der Waals surface area contributed by atoms with Crippen LogP contribution in [-0.4, -0.2) is 14.2 Å². The van der Waals surface area contributed by atoms with Crippen molar-refractivity contribution in [3.8, 4) is 6.07 Å². The standard InChI is InChI=1S/C17H14F3N3O3/c18-17(19,20)13-4-2-1-3-12(13)14(24)9-23-15(25)10(7-21)8-22(16(23)26)11-5-6-11/h1-4,8,11,14,24H,5-6,9H2/t14-/m1/s1. The molecule has 1 atom stereocenters. The minimum Gasteiger partial charge on any atom is -0.387 e. The number of aliphatic hydroxyl groups is 1. The molecule has 0 spiro atoms. The number of aliphatic hydroxyl groups excluding tert-OH is 1. The summed E-state index contributed by atoms with van der Waals surface area (Å²) in [5, 5.41) is 19.4. The molecule has 0 bridgehead atoms. The number of alkyl halides is 3. The third-order valence-corrected chi connectivity index (χ3v) is 4.24. The molecule has 1 heterocycles. The van der Waals surface area contributed by atoms with Crippen molar-refractivity contribution in [2.75, 3.05) is 0 Å². The molecule has 3 rings (SSSR count). The Morgan fingerprint density at radius 3 is 2.50 bits per heavy atom. The zero-order chi connectivity index (χ0) is 19.1. The topological polar surface area (TPSA) is 88.0 Å². The number of benzene rings is 1. The van der Waals surface area contributed by atoms with Gasteiger partial charge in [0.15, 0.2) is 0 Å². The summed E-state index contributed by atoms with van der Waals surface area (Å²) in [4.78, 5) is 24.7. The monoisotopic (exact) mass is 365 g/mol. The van der Waals surface area contributed by atoms with Crippen molar-refractivity contribution < 1.29 is 18.3 Å². The Hall–Kier alpha value is -2.86. The molecule has 9 heteroatoms. The lowest BCUT2D eigenvalue weighted by Gasteiger charge is -2.18. The predicted molar refractivity (Wildman–Crippen MR) is 84.4 cm³/mol. The Labute approximate surface area is 145 Å². The van der Waals surface area contributed by atoms with Gasteiger partial charge >= 0.3 is 11.9 Å². The molecule has 0 saturated heterocycles. The number of rotatable bonds is 4. The molecule has 0 amide bonds. The van der Waals surface area contributed by atoms with Gasteiger partial charge in [-0.3, -0.25) is 13.9 Å². The molecule has 1 aliphatic carbocycles. The predicted octanol–water partition coefficient (Wildman–Crippen LogP) is 1.97. The Balaban J connectivity index is 2.05. The summed E-state index contributed by atoms with van der Waals surface area (Å²) < 4.78 is 41.2. The second kappa shape index (κ2) is 6.46. The van der Waals surface area contributed by atoms with Crippen LogP contribution in [0.15, 0.2) is 40.1 Å². The molecule has 1 aromatic heterocycles. The van der Waals surface area contributed by atoms with Gasteiger partial charge in [-0.05, 0) is 24.5 Å². The summed E-state index contributed by atoms with van der Waals surface area (Å²) in [7, 11) is 0. The van der Waals surface area contributed by atoms with E-state index in [-0.39, 0.29) is 11.6 Å². The molecule has 0 radical (unpaired) electrons. The highest BCUT2D eigenvalue weighted by molar-refractivity contribution is 5.31. The van der Waals surface area contributed by atoms with E-state index in [1.54, 1.807) is 6.07 Å². The van der Waals surface area contributed by atoms with Crippen molar-refractivity contribution in [2.24, 2.45) is 0 Å². The first kappa shape index (κ1) is 17.9.